The molecule has 1 aliphatic heterocycles. The Bertz CT molecular complexity index is 983. The van der Waals surface area contributed by atoms with Gasteiger partial charge in [0, 0.05) is 30.0 Å². The van der Waals surface area contributed by atoms with E-state index in [1.54, 1.807) is 7.11 Å². The molecule has 0 amide bonds. The molecule has 2 aromatic heterocycles. The van der Waals surface area contributed by atoms with Crippen LogP contribution in [0.25, 0.3) is 22.4 Å². The number of aromatic nitrogens is 4. The average molecular weight is 409 g/mol. The van der Waals surface area contributed by atoms with E-state index in [9.17, 15) is 0 Å². The average Bonchev–Trinajstić information content (AvgIpc) is 3.28. The Morgan fingerprint density at radius 3 is 2.80 bits per heavy atom. The summed E-state index contributed by atoms with van der Waals surface area (Å²) < 4.78 is 12.7. The maximum absolute atomic E-state index is 6.18. The van der Waals surface area contributed by atoms with Crippen LogP contribution in [0.1, 0.15) is 25.8 Å². The number of rotatable bonds is 7. The van der Waals surface area contributed by atoms with Gasteiger partial charge in [0.15, 0.2) is 12.6 Å². The van der Waals surface area contributed by atoms with Gasteiger partial charge in [-0.3, -0.25) is 4.68 Å². The number of ether oxygens (including phenoxy) is 2. The molecule has 1 fully saturated rings. The number of hydrogen-bond acceptors (Lipinski definition) is 7. The maximum atomic E-state index is 6.18. The van der Waals surface area contributed by atoms with Gasteiger partial charge in [-0.2, -0.15) is 5.10 Å². The van der Waals surface area contributed by atoms with Gasteiger partial charge in [0.25, 0.3) is 0 Å². The summed E-state index contributed by atoms with van der Waals surface area (Å²) in [5, 5.41) is 16.5. The van der Waals surface area contributed by atoms with Gasteiger partial charge in [0.1, 0.15) is 5.75 Å². The molecule has 3 aromatic rings. The zero-order chi connectivity index (χ0) is 20.9. The molecule has 30 heavy (non-hydrogen) atoms. The molecule has 0 radical (unpaired) electrons. The van der Waals surface area contributed by atoms with Gasteiger partial charge in [-0.1, -0.05) is 12.1 Å². The molecule has 158 valence electrons. The number of hydrogen-bond donors (Lipinski definition) is 2. The molecule has 0 saturated carbocycles. The number of piperidine rings is 1. The van der Waals surface area contributed by atoms with Crippen LogP contribution in [0.3, 0.4) is 0 Å². The van der Waals surface area contributed by atoms with E-state index in [0.717, 1.165) is 42.6 Å². The van der Waals surface area contributed by atoms with Gasteiger partial charge in [-0.25, -0.2) is 0 Å². The molecule has 8 nitrogen and oxygen atoms in total. The highest BCUT2D eigenvalue weighted by molar-refractivity contribution is 5.78. The summed E-state index contributed by atoms with van der Waals surface area (Å²) in [6.07, 6.45) is 6.23. The van der Waals surface area contributed by atoms with Crippen molar-refractivity contribution in [2.45, 2.75) is 25.8 Å². The Morgan fingerprint density at radius 2 is 2.00 bits per heavy atom. The van der Waals surface area contributed by atoms with Crippen molar-refractivity contribution in [3.63, 3.8) is 0 Å². The molecule has 3 heterocycles. The summed E-state index contributed by atoms with van der Waals surface area (Å²) in [6, 6.07) is 9.94. The predicted molar refractivity (Wildman–Crippen MR) is 116 cm³/mol. The lowest BCUT2D eigenvalue weighted by Gasteiger charge is -2.28. The highest BCUT2D eigenvalue weighted by atomic mass is 16.7. The van der Waals surface area contributed by atoms with Crippen LogP contribution < -0.4 is 15.8 Å². The van der Waals surface area contributed by atoms with Crippen molar-refractivity contribution in [1.29, 1.82) is 0 Å². The van der Waals surface area contributed by atoms with Gasteiger partial charge in [-0.05, 0) is 57.0 Å². The second-order valence-electron chi connectivity index (χ2n) is 7.61. The zero-order valence-corrected chi connectivity index (χ0v) is 17.4. The minimum absolute atomic E-state index is 0.160. The minimum atomic E-state index is 0.160. The van der Waals surface area contributed by atoms with Crippen molar-refractivity contribution in [3.8, 4) is 28.1 Å². The number of nitrogens with one attached hydrogen (secondary N) is 1. The largest absolute Gasteiger partial charge is 0.467 e. The lowest BCUT2D eigenvalue weighted by molar-refractivity contribution is 0.0515. The quantitative estimate of drug-likeness (QED) is 0.579. The number of nitrogen functional groups attached to an aromatic ring is 1. The summed E-state index contributed by atoms with van der Waals surface area (Å²) in [5.41, 5.74) is 9.43. The first kappa shape index (κ1) is 20.3. The normalized spacial score (nSPS) is 15.8. The Balaban J connectivity index is 1.63. The van der Waals surface area contributed by atoms with Crippen molar-refractivity contribution >= 4 is 5.82 Å². The molecule has 3 N–H and O–H groups in total. The first-order valence-electron chi connectivity index (χ1n) is 10.3. The third-order valence-corrected chi connectivity index (χ3v) is 5.71. The SMILES string of the molecule is COCOc1ccccc1-c1cc(-c2cnn([C@H](C)C3CCNCC3)c2)c(N)nn1. The van der Waals surface area contributed by atoms with Crippen LogP contribution in [0, 0.1) is 5.92 Å². The topological polar surface area (TPSA) is 100 Å². The first-order valence-corrected chi connectivity index (χ1v) is 10.3. The fourth-order valence-corrected chi connectivity index (χ4v) is 3.93. The van der Waals surface area contributed by atoms with Crippen LogP contribution in [-0.2, 0) is 4.74 Å². The number of nitrogens with zero attached hydrogens (tertiary/aromatic N) is 4. The van der Waals surface area contributed by atoms with Gasteiger partial charge in [-0.15, -0.1) is 10.2 Å². The van der Waals surface area contributed by atoms with E-state index >= 15 is 0 Å². The van der Waals surface area contributed by atoms with Crippen molar-refractivity contribution in [2.24, 2.45) is 5.92 Å². The maximum Gasteiger partial charge on any atom is 0.188 e. The lowest BCUT2D eigenvalue weighted by Crippen LogP contribution is -2.31. The second-order valence-corrected chi connectivity index (χ2v) is 7.61. The van der Waals surface area contributed by atoms with Crippen LogP contribution in [-0.4, -0.2) is 47.0 Å². The molecule has 0 spiro atoms. The summed E-state index contributed by atoms with van der Waals surface area (Å²) in [7, 11) is 1.59. The Morgan fingerprint density at radius 1 is 1.20 bits per heavy atom. The second kappa shape index (κ2) is 9.23. The summed E-state index contributed by atoms with van der Waals surface area (Å²) in [6.45, 7) is 4.53. The molecular weight excluding hydrogens is 380 g/mol. The standard InChI is InChI=1S/C22H28N6O2/c1-15(16-7-9-24-10-8-16)28-13-17(12-25-28)19-11-20(26-27-22(19)23)18-5-3-4-6-21(18)30-14-29-2/h3-6,11-13,15-16,24H,7-10,14H2,1-2H3,(H2,23,27)/t15-/m1/s1. The molecule has 8 heteroatoms. The van der Waals surface area contributed by atoms with Crippen LogP contribution in [0.4, 0.5) is 5.82 Å². The minimum Gasteiger partial charge on any atom is -0.467 e. The predicted octanol–water partition coefficient (Wildman–Crippen LogP) is 3.13. The fourth-order valence-electron chi connectivity index (χ4n) is 3.93. The molecule has 0 bridgehead atoms. The van der Waals surface area contributed by atoms with E-state index in [4.69, 9.17) is 15.2 Å². The summed E-state index contributed by atoms with van der Waals surface area (Å²) in [5.74, 6) is 1.68. The molecule has 0 aliphatic carbocycles. The van der Waals surface area contributed by atoms with E-state index in [-0.39, 0.29) is 6.79 Å². The number of methoxy groups -OCH3 is 1. The van der Waals surface area contributed by atoms with Gasteiger partial charge in [0.05, 0.1) is 17.9 Å². The first-order chi connectivity index (χ1) is 14.7. The highest BCUT2D eigenvalue weighted by Crippen LogP contribution is 2.33. The van der Waals surface area contributed by atoms with E-state index in [2.05, 4.69) is 33.7 Å². The summed E-state index contributed by atoms with van der Waals surface area (Å²) >= 11 is 0. The van der Waals surface area contributed by atoms with E-state index in [1.165, 1.54) is 0 Å². The monoisotopic (exact) mass is 408 g/mol. The number of benzene rings is 1. The molecule has 1 aromatic carbocycles. The lowest BCUT2D eigenvalue weighted by atomic mass is 9.91. The zero-order valence-electron chi connectivity index (χ0n) is 17.4. The smallest absolute Gasteiger partial charge is 0.188 e. The van der Waals surface area contributed by atoms with Crippen LogP contribution in [0.15, 0.2) is 42.7 Å². The molecule has 4 rings (SSSR count). The molecule has 1 atom stereocenters. The Kier molecular flexibility index (Phi) is 6.25. The van der Waals surface area contributed by atoms with Crippen molar-refractivity contribution in [2.75, 3.05) is 32.7 Å². The molecule has 1 saturated heterocycles. The van der Waals surface area contributed by atoms with Crippen molar-refractivity contribution in [3.05, 3.63) is 42.7 Å². The fraction of sp³-hybridized carbons (Fsp3) is 0.409. The molecule has 1 aliphatic rings. The van der Waals surface area contributed by atoms with Crippen LogP contribution >= 0.6 is 0 Å². The number of para-hydroxylation sites is 1. The van der Waals surface area contributed by atoms with Gasteiger partial charge >= 0.3 is 0 Å². The van der Waals surface area contributed by atoms with Gasteiger partial charge in [0.2, 0.25) is 0 Å². The third kappa shape index (κ3) is 4.29. The summed E-state index contributed by atoms with van der Waals surface area (Å²) in [4.78, 5) is 0. The highest BCUT2D eigenvalue weighted by Gasteiger charge is 2.22. The van der Waals surface area contributed by atoms with Crippen LogP contribution in [0.2, 0.25) is 0 Å². The molecule has 0 unspecified atom stereocenters. The van der Waals surface area contributed by atoms with E-state index in [0.29, 0.717) is 29.2 Å². The third-order valence-electron chi connectivity index (χ3n) is 5.71. The Labute approximate surface area is 176 Å². The van der Waals surface area contributed by atoms with Crippen molar-refractivity contribution < 1.29 is 9.47 Å². The van der Waals surface area contributed by atoms with E-state index in [1.807, 2.05) is 41.2 Å². The number of nitrogens with two attached hydrogens (primary N) is 1. The number of anilines is 1. The van der Waals surface area contributed by atoms with Crippen molar-refractivity contribution in [1.82, 2.24) is 25.3 Å². The van der Waals surface area contributed by atoms with Gasteiger partial charge < -0.3 is 20.5 Å². The van der Waals surface area contributed by atoms with E-state index < -0.39 is 0 Å². The molecular formula is C22H28N6O2. The Hall–Kier alpha value is -2.97. The van der Waals surface area contributed by atoms with Crippen LogP contribution in [0.5, 0.6) is 5.75 Å².